The molecule has 0 amide bonds. The largest absolute Gasteiger partial charge is 0.370 e. The summed E-state index contributed by atoms with van der Waals surface area (Å²) in [6, 6.07) is 11.4. The zero-order chi connectivity index (χ0) is 22.8. The number of rotatable bonds is 7. The van der Waals surface area contributed by atoms with Crippen molar-refractivity contribution in [2.45, 2.75) is 54.9 Å². The highest BCUT2D eigenvalue weighted by Crippen LogP contribution is 2.34. The zero-order valence-electron chi connectivity index (χ0n) is 18.5. The second-order valence-corrected chi connectivity index (χ2v) is 12.1. The Morgan fingerprint density at radius 1 is 0.839 bits per heavy atom. The average Bonchev–Trinajstić information content (AvgIpc) is 2.75. The van der Waals surface area contributed by atoms with Gasteiger partial charge < -0.3 is 4.90 Å². The third kappa shape index (κ3) is 5.05. The molecule has 1 fully saturated rings. The number of hydrogen-bond donors (Lipinski definition) is 1. The Labute approximate surface area is 186 Å². The quantitative estimate of drug-likeness (QED) is 0.672. The lowest BCUT2D eigenvalue weighted by Crippen LogP contribution is -2.34. The van der Waals surface area contributed by atoms with Crippen LogP contribution in [0.4, 0.5) is 11.4 Å². The van der Waals surface area contributed by atoms with Gasteiger partial charge in [-0.15, -0.1) is 0 Å². The minimum absolute atomic E-state index is 0.0136. The standard InChI is InChI=1S/C22H31N3O4S2/c1-17-9-8-12-21(25(4)18-10-6-5-7-11-18)22(17)23-30(26,27)19-13-15-20(16-14-19)31(28,29)24(2)3/h8-9,12-16,18,23H,5-7,10-11H2,1-4H3. The Kier molecular flexibility index (Phi) is 6.98. The summed E-state index contributed by atoms with van der Waals surface area (Å²) in [5.41, 5.74) is 2.23. The van der Waals surface area contributed by atoms with Crippen molar-refractivity contribution in [2.24, 2.45) is 0 Å². The minimum Gasteiger partial charge on any atom is -0.370 e. The summed E-state index contributed by atoms with van der Waals surface area (Å²) in [4.78, 5) is 2.24. The van der Waals surface area contributed by atoms with Crippen LogP contribution in [0.5, 0.6) is 0 Å². The van der Waals surface area contributed by atoms with Crippen LogP contribution < -0.4 is 9.62 Å². The van der Waals surface area contributed by atoms with Gasteiger partial charge in [-0.1, -0.05) is 31.4 Å². The monoisotopic (exact) mass is 465 g/mol. The van der Waals surface area contributed by atoms with Gasteiger partial charge in [-0.2, -0.15) is 0 Å². The van der Waals surface area contributed by atoms with Crippen LogP contribution in [0, 0.1) is 6.92 Å². The summed E-state index contributed by atoms with van der Waals surface area (Å²) in [6.45, 7) is 1.88. The van der Waals surface area contributed by atoms with E-state index in [0.29, 0.717) is 11.7 Å². The van der Waals surface area contributed by atoms with Crippen molar-refractivity contribution in [1.29, 1.82) is 0 Å². The fourth-order valence-corrected chi connectivity index (χ4v) is 5.99. The number of hydrogen-bond acceptors (Lipinski definition) is 5. The second kappa shape index (κ2) is 9.18. The maximum Gasteiger partial charge on any atom is 0.261 e. The van der Waals surface area contributed by atoms with E-state index in [-0.39, 0.29) is 9.79 Å². The maximum atomic E-state index is 13.1. The highest BCUT2D eigenvalue weighted by atomic mass is 32.2. The molecule has 0 heterocycles. The van der Waals surface area contributed by atoms with Crippen molar-refractivity contribution < 1.29 is 16.8 Å². The van der Waals surface area contributed by atoms with Gasteiger partial charge in [-0.25, -0.2) is 21.1 Å². The van der Waals surface area contributed by atoms with Crippen molar-refractivity contribution in [3.8, 4) is 0 Å². The van der Waals surface area contributed by atoms with E-state index in [1.807, 2.05) is 32.2 Å². The number of sulfonamides is 2. The van der Waals surface area contributed by atoms with Gasteiger partial charge in [0.25, 0.3) is 10.0 Å². The molecule has 9 heteroatoms. The summed E-state index contributed by atoms with van der Waals surface area (Å²) in [5, 5.41) is 0. The summed E-state index contributed by atoms with van der Waals surface area (Å²) in [5.74, 6) is 0. The van der Waals surface area contributed by atoms with Crippen LogP contribution in [0.15, 0.2) is 52.3 Å². The number of para-hydroxylation sites is 1. The molecule has 7 nitrogen and oxygen atoms in total. The summed E-state index contributed by atoms with van der Waals surface area (Å²) in [6.07, 6.45) is 5.81. The van der Waals surface area contributed by atoms with E-state index in [0.717, 1.165) is 28.4 Å². The van der Waals surface area contributed by atoms with Gasteiger partial charge in [0.15, 0.2) is 0 Å². The molecule has 0 atom stereocenters. The van der Waals surface area contributed by atoms with Gasteiger partial charge >= 0.3 is 0 Å². The topological polar surface area (TPSA) is 86.8 Å². The Bertz CT molecular complexity index is 1120. The van der Waals surface area contributed by atoms with E-state index in [4.69, 9.17) is 0 Å². The van der Waals surface area contributed by atoms with Crippen molar-refractivity contribution in [1.82, 2.24) is 4.31 Å². The van der Waals surface area contributed by atoms with E-state index in [1.54, 1.807) is 0 Å². The first-order chi connectivity index (χ1) is 14.5. The molecular formula is C22H31N3O4S2. The lowest BCUT2D eigenvalue weighted by molar-refractivity contribution is 0.428. The summed E-state index contributed by atoms with van der Waals surface area (Å²) < 4.78 is 54.6. The third-order valence-electron chi connectivity index (χ3n) is 5.90. The Morgan fingerprint density at radius 2 is 1.42 bits per heavy atom. The van der Waals surface area contributed by atoms with Gasteiger partial charge in [0.05, 0.1) is 21.2 Å². The summed E-state index contributed by atoms with van der Waals surface area (Å²) in [7, 11) is -2.63. The molecule has 2 aromatic rings. The molecule has 0 aliphatic heterocycles. The molecule has 0 radical (unpaired) electrons. The normalized spacial score (nSPS) is 15.8. The van der Waals surface area contributed by atoms with E-state index in [2.05, 4.69) is 9.62 Å². The van der Waals surface area contributed by atoms with Crippen LogP contribution in [0.2, 0.25) is 0 Å². The fraction of sp³-hybridized carbons (Fsp3) is 0.455. The molecule has 3 rings (SSSR count). The van der Waals surface area contributed by atoms with Crippen molar-refractivity contribution >= 4 is 31.4 Å². The zero-order valence-corrected chi connectivity index (χ0v) is 20.1. The third-order valence-corrected chi connectivity index (χ3v) is 9.10. The number of nitrogens with zero attached hydrogens (tertiary/aromatic N) is 2. The number of aryl methyl sites for hydroxylation is 1. The molecule has 0 aromatic heterocycles. The predicted octanol–water partition coefficient (Wildman–Crippen LogP) is 3.82. The Morgan fingerprint density at radius 3 is 2.00 bits per heavy atom. The maximum absolute atomic E-state index is 13.1. The lowest BCUT2D eigenvalue weighted by Gasteiger charge is -2.34. The SMILES string of the molecule is Cc1cccc(N(C)C2CCCCC2)c1NS(=O)(=O)c1ccc(S(=O)(=O)N(C)C)cc1. The highest BCUT2D eigenvalue weighted by molar-refractivity contribution is 7.92. The Hall–Kier alpha value is -2.10. The molecule has 1 aliphatic carbocycles. The van der Waals surface area contributed by atoms with E-state index in [9.17, 15) is 16.8 Å². The lowest BCUT2D eigenvalue weighted by atomic mass is 9.94. The van der Waals surface area contributed by atoms with Crippen LogP contribution >= 0.6 is 0 Å². The molecule has 31 heavy (non-hydrogen) atoms. The van der Waals surface area contributed by atoms with Crippen LogP contribution in [-0.2, 0) is 20.0 Å². The van der Waals surface area contributed by atoms with Crippen molar-refractivity contribution in [3.05, 3.63) is 48.0 Å². The molecule has 0 spiro atoms. The van der Waals surface area contributed by atoms with Gasteiger partial charge in [0.2, 0.25) is 10.0 Å². The van der Waals surface area contributed by atoms with Crippen LogP contribution in [-0.4, -0.2) is 48.3 Å². The second-order valence-electron chi connectivity index (χ2n) is 8.24. The molecule has 170 valence electrons. The predicted molar refractivity (Wildman–Crippen MR) is 125 cm³/mol. The number of benzene rings is 2. The highest BCUT2D eigenvalue weighted by Gasteiger charge is 2.24. The van der Waals surface area contributed by atoms with Gasteiger partial charge in [-0.3, -0.25) is 4.72 Å². The minimum atomic E-state index is -3.89. The first-order valence-electron chi connectivity index (χ1n) is 10.4. The number of anilines is 2. The van der Waals surface area contributed by atoms with Crippen molar-refractivity contribution in [2.75, 3.05) is 30.8 Å². The average molecular weight is 466 g/mol. The smallest absolute Gasteiger partial charge is 0.261 e. The van der Waals surface area contributed by atoms with Gasteiger partial charge in [0.1, 0.15) is 0 Å². The molecule has 0 unspecified atom stereocenters. The molecule has 0 saturated heterocycles. The molecule has 2 aromatic carbocycles. The number of nitrogens with one attached hydrogen (secondary N) is 1. The van der Waals surface area contributed by atoms with Crippen LogP contribution in [0.3, 0.4) is 0 Å². The van der Waals surface area contributed by atoms with Crippen molar-refractivity contribution in [3.63, 3.8) is 0 Å². The van der Waals surface area contributed by atoms with Gasteiger partial charge in [0, 0.05) is 27.2 Å². The first-order valence-corrected chi connectivity index (χ1v) is 13.3. The van der Waals surface area contributed by atoms with Crippen LogP contribution in [0.1, 0.15) is 37.7 Å². The van der Waals surface area contributed by atoms with Gasteiger partial charge in [-0.05, 0) is 55.7 Å². The molecule has 0 bridgehead atoms. The fourth-order valence-electron chi connectivity index (χ4n) is 3.94. The Balaban J connectivity index is 1.91. The van der Waals surface area contributed by atoms with E-state index >= 15 is 0 Å². The first kappa shape index (κ1) is 23.6. The van der Waals surface area contributed by atoms with Crippen LogP contribution in [0.25, 0.3) is 0 Å². The molecule has 1 N–H and O–H groups in total. The summed E-state index contributed by atoms with van der Waals surface area (Å²) >= 11 is 0. The molecular weight excluding hydrogens is 434 g/mol. The molecule has 1 saturated carbocycles. The van der Waals surface area contributed by atoms with E-state index in [1.165, 1.54) is 57.6 Å². The molecule has 1 aliphatic rings. The van der Waals surface area contributed by atoms with E-state index < -0.39 is 20.0 Å².